The van der Waals surface area contributed by atoms with Gasteiger partial charge >= 0.3 is 41.3 Å². The second kappa shape index (κ2) is 6.02. The van der Waals surface area contributed by atoms with Gasteiger partial charge in [-0.25, -0.2) is 4.79 Å². The van der Waals surface area contributed by atoms with E-state index >= 15 is 0 Å². The molecule has 0 aliphatic rings. The van der Waals surface area contributed by atoms with Crippen molar-refractivity contribution in [3.05, 3.63) is 34.3 Å². The number of aliphatic carboxylic acids is 1. The van der Waals surface area contributed by atoms with Crippen LogP contribution < -0.4 is 35.3 Å². The van der Waals surface area contributed by atoms with Crippen molar-refractivity contribution in [2.45, 2.75) is 12.8 Å². The van der Waals surface area contributed by atoms with E-state index in [1.165, 1.54) is 0 Å². The van der Waals surface area contributed by atoms with Crippen LogP contribution >= 0.6 is 0 Å². The summed E-state index contributed by atoms with van der Waals surface area (Å²) in [5.74, 6) is -2.06. The molecule has 17 heavy (non-hydrogen) atoms. The summed E-state index contributed by atoms with van der Waals surface area (Å²) in [7, 11) is 0. The van der Waals surface area contributed by atoms with Crippen LogP contribution in [0.15, 0.2) is 27.4 Å². The van der Waals surface area contributed by atoms with Crippen LogP contribution in [-0.4, -0.2) is 21.5 Å². The van der Waals surface area contributed by atoms with E-state index in [0.717, 1.165) is 0 Å². The van der Waals surface area contributed by atoms with Gasteiger partial charge in [0.25, 0.3) is 0 Å². The Morgan fingerprint density at radius 1 is 1.47 bits per heavy atom. The minimum atomic E-state index is -0.910. The third-order valence-corrected chi connectivity index (χ3v) is 2.32. The Kier molecular flexibility index (Phi) is 5.63. The number of carboxylic acid groups (broad SMARTS) is 1. The van der Waals surface area contributed by atoms with E-state index in [2.05, 4.69) is 4.98 Å². The maximum absolute atomic E-state index is 10.9. The van der Waals surface area contributed by atoms with Crippen molar-refractivity contribution in [2.24, 2.45) is 0 Å². The summed E-state index contributed by atoms with van der Waals surface area (Å²) in [4.78, 5) is 24.1. The SMILES string of the molecule is CC(C(=O)O)c1ccc2[nH]c(=O)oc2c1.[Na+].[OH-]. The normalized spacial score (nSPS) is 11.4. The molecule has 1 unspecified atom stereocenters. The van der Waals surface area contributed by atoms with Crippen LogP contribution in [-0.2, 0) is 4.79 Å². The summed E-state index contributed by atoms with van der Waals surface area (Å²) in [5.41, 5.74) is 1.56. The zero-order valence-electron chi connectivity index (χ0n) is 9.43. The molecule has 0 spiro atoms. The molecule has 0 amide bonds. The standard InChI is InChI=1S/C10H9NO4.Na.H2O/c1-5(9(12)13)6-2-3-7-8(4-6)15-10(14)11-7;;/h2-5H,1H3,(H,11,14)(H,12,13);;1H2/q;+1;/p-1. The minimum absolute atomic E-state index is 0. The fourth-order valence-electron chi connectivity index (χ4n) is 1.37. The smallest absolute Gasteiger partial charge is 0.870 e. The average Bonchev–Trinajstić information content (AvgIpc) is 2.55. The molecular formula is C10H10NNaO5. The number of H-pyrrole nitrogens is 1. The van der Waals surface area contributed by atoms with Crippen molar-refractivity contribution in [2.75, 3.05) is 0 Å². The van der Waals surface area contributed by atoms with Crippen LogP contribution in [0.1, 0.15) is 18.4 Å². The number of hydrogen-bond donors (Lipinski definition) is 2. The number of carboxylic acids is 1. The van der Waals surface area contributed by atoms with Crippen LogP contribution in [0.5, 0.6) is 0 Å². The Balaban J connectivity index is 0.00000128. The number of rotatable bonds is 2. The third-order valence-electron chi connectivity index (χ3n) is 2.32. The van der Waals surface area contributed by atoms with Crippen molar-refractivity contribution >= 4 is 17.1 Å². The Labute approximate surface area is 118 Å². The molecule has 0 saturated carbocycles. The van der Waals surface area contributed by atoms with Gasteiger partial charge in [-0.3, -0.25) is 9.78 Å². The van der Waals surface area contributed by atoms with E-state index in [0.29, 0.717) is 16.7 Å². The van der Waals surface area contributed by atoms with Crippen LogP contribution in [0.4, 0.5) is 0 Å². The summed E-state index contributed by atoms with van der Waals surface area (Å²) in [6.07, 6.45) is 0. The van der Waals surface area contributed by atoms with E-state index in [1.54, 1.807) is 25.1 Å². The predicted octanol–water partition coefficient (Wildman–Crippen LogP) is -1.86. The van der Waals surface area contributed by atoms with Gasteiger partial charge < -0.3 is 15.0 Å². The van der Waals surface area contributed by atoms with Crippen LogP contribution in [0.25, 0.3) is 11.1 Å². The molecule has 2 rings (SSSR count). The molecule has 1 aromatic carbocycles. The number of aromatic nitrogens is 1. The van der Waals surface area contributed by atoms with Gasteiger partial charge in [0, 0.05) is 0 Å². The number of oxazole rings is 1. The van der Waals surface area contributed by atoms with Crippen LogP contribution in [0.2, 0.25) is 0 Å². The first-order valence-corrected chi connectivity index (χ1v) is 4.43. The molecule has 0 radical (unpaired) electrons. The van der Waals surface area contributed by atoms with Gasteiger partial charge in [-0.15, -0.1) is 0 Å². The molecule has 0 aliphatic carbocycles. The summed E-state index contributed by atoms with van der Waals surface area (Å²) in [6, 6.07) is 4.85. The van der Waals surface area contributed by atoms with E-state index in [9.17, 15) is 9.59 Å². The molecule has 2 aromatic rings. The summed E-state index contributed by atoms with van der Waals surface area (Å²) in [5, 5.41) is 8.81. The first kappa shape index (κ1) is 15.9. The second-order valence-corrected chi connectivity index (χ2v) is 3.33. The minimum Gasteiger partial charge on any atom is -0.870 e. The van der Waals surface area contributed by atoms with Gasteiger partial charge in [-0.05, 0) is 24.6 Å². The number of hydrogen-bond acceptors (Lipinski definition) is 4. The van der Waals surface area contributed by atoms with E-state index in [-0.39, 0.29) is 35.0 Å². The fraction of sp³-hybridized carbons (Fsp3) is 0.200. The molecule has 1 atom stereocenters. The first-order chi connectivity index (χ1) is 7.08. The van der Waals surface area contributed by atoms with Gasteiger partial charge in [-0.2, -0.15) is 0 Å². The number of benzene rings is 1. The zero-order valence-corrected chi connectivity index (χ0v) is 11.4. The summed E-state index contributed by atoms with van der Waals surface area (Å²) in [6.45, 7) is 1.58. The van der Waals surface area contributed by atoms with Crippen molar-refractivity contribution in [1.82, 2.24) is 4.98 Å². The molecule has 86 valence electrons. The van der Waals surface area contributed by atoms with E-state index in [4.69, 9.17) is 9.52 Å². The quantitative estimate of drug-likeness (QED) is 0.604. The monoisotopic (exact) mass is 247 g/mol. The van der Waals surface area contributed by atoms with Crippen molar-refractivity contribution in [3.63, 3.8) is 0 Å². The van der Waals surface area contributed by atoms with Gasteiger partial charge in [0.2, 0.25) is 0 Å². The zero-order chi connectivity index (χ0) is 11.0. The molecule has 7 heteroatoms. The molecule has 0 fully saturated rings. The number of carbonyl (C=O) groups is 1. The van der Waals surface area contributed by atoms with E-state index in [1.807, 2.05) is 0 Å². The Hall–Kier alpha value is -1.08. The van der Waals surface area contributed by atoms with Crippen LogP contribution in [0, 0.1) is 0 Å². The Morgan fingerprint density at radius 2 is 2.12 bits per heavy atom. The van der Waals surface area contributed by atoms with Crippen LogP contribution in [0.3, 0.4) is 0 Å². The largest absolute Gasteiger partial charge is 1.00 e. The Morgan fingerprint density at radius 3 is 2.71 bits per heavy atom. The van der Waals surface area contributed by atoms with Crippen molar-refractivity contribution in [3.8, 4) is 0 Å². The number of nitrogens with one attached hydrogen (secondary N) is 1. The topological polar surface area (TPSA) is 113 Å². The Bertz CT molecular complexity index is 573. The summed E-state index contributed by atoms with van der Waals surface area (Å²) < 4.78 is 4.83. The van der Waals surface area contributed by atoms with Crippen molar-refractivity contribution in [1.29, 1.82) is 0 Å². The van der Waals surface area contributed by atoms with Gasteiger partial charge in [0.15, 0.2) is 5.58 Å². The average molecular weight is 247 g/mol. The molecule has 1 heterocycles. The fourth-order valence-corrected chi connectivity index (χ4v) is 1.37. The molecule has 0 saturated heterocycles. The number of aromatic amines is 1. The van der Waals surface area contributed by atoms with Gasteiger partial charge in [0.1, 0.15) is 0 Å². The first-order valence-electron chi connectivity index (χ1n) is 4.43. The third kappa shape index (κ3) is 3.19. The molecule has 0 bridgehead atoms. The summed E-state index contributed by atoms with van der Waals surface area (Å²) >= 11 is 0. The second-order valence-electron chi connectivity index (χ2n) is 3.33. The molecule has 3 N–H and O–H groups in total. The maximum atomic E-state index is 10.9. The van der Waals surface area contributed by atoms with Gasteiger partial charge in [-0.1, -0.05) is 6.07 Å². The molecule has 1 aromatic heterocycles. The molecule has 0 aliphatic heterocycles. The molecule has 6 nitrogen and oxygen atoms in total. The van der Waals surface area contributed by atoms with Crippen molar-refractivity contribution < 1.29 is 49.4 Å². The maximum Gasteiger partial charge on any atom is 1.00 e. The molecular weight excluding hydrogens is 237 g/mol. The predicted molar refractivity (Wildman–Crippen MR) is 54.8 cm³/mol. The van der Waals surface area contributed by atoms with E-state index < -0.39 is 17.6 Å². The number of fused-ring (bicyclic) bond motifs is 1. The van der Waals surface area contributed by atoms with Gasteiger partial charge in [0.05, 0.1) is 11.4 Å².